The van der Waals surface area contributed by atoms with Crippen LogP contribution in [0.3, 0.4) is 0 Å². The third-order valence-corrected chi connectivity index (χ3v) is 12.4. The van der Waals surface area contributed by atoms with Gasteiger partial charge in [0.05, 0.1) is 58.7 Å². The molecule has 1 fully saturated rings. The first-order valence-corrected chi connectivity index (χ1v) is 22.1. The lowest BCUT2D eigenvalue weighted by molar-refractivity contribution is -0.0909. The van der Waals surface area contributed by atoms with Gasteiger partial charge in [0.15, 0.2) is 17.0 Å². The van der Waals surface area contributed by atoms with Crippen LogP contribution in [0.2, 0.25) is 0 Å². The Morgan fingerprint density at radius 1 is 0.857 bits per heavy atom. The molecule has 16 nitrogen and oxygen atoms in total. The Balaban J connectivity index is 1.50. The number of rotatable bonds is 21. The maximum atomic E-state index is 9.49. The minimum atomic E-state index is -1.68. The Morgan fingerprint density at radius 2 is 1.44 bits per heavy atom. The average Bonchev–Trinajstić information content (AvgIpc) is 3.86. The standard InChI is InChI=1S/C46H59N10O6P/c1-32(2)56(33(3)4)63(60-26-14-25-47)62-39-27-41(55-44-42(52-45(55)51-31-54(7)8)43(48-29-49-44)50-30-53(5)6)61-40(39)28-59-46(34-15-12-11-13-16-34,35-17-21-37(57-9)22-18-35)36-19-23-38(58-10)24-20-36/h11-13,15-24,29-33,39-41H,14,26-28H2,1-10H3/t39-,40-,41-,63?/m1/s1. The SMILES string of the molecule is COc1ccc(C(OC[C@H]2O[C@@H](n3c(N=CN(C)C)nc4c(N=CN(C)C)ncnc43)C[C@H]2OP(OCCC#N)N(C(C)C)C(C)C)(c2ccccc2)c2ccc(OC)cc2)cc1. The first-order chi connectivity index (χ1) is 30.4. The van der Waals surface area contributed by atoms with E-state index in [-0.39, 0.29) is 31.7 Å². The lowest BCUT2D eigenvalue weighted by Crippen LogP contribution is -2.39. The highest BCUT2D eigenvalue weighted by atomic mass is 31.2. The van der Waals surface area contributed by atoms with Gasteiger partial charge in [0, 0.05) is 46.7 Å². The van der Waals surface area contributed by atoms with Crippen molar-refractivity contribution in [1.82, 2.24) is 34.0 Å². The molecule has 6 rings (SSSR count). The van der Waals surface area contributed by atoms with Crippen molar-refractivity contribution in [2.24, 2.45) is 9.98 Å². The summed E-state index contributed by atoms with van der Waals surface area (Å²) in [7, 11) is 9.17. The van der Waals surface area contributed by atoms with Gasteiger partial charge in [-0.3, -0.25) is 4.57 Å². The molecule has 1 aliphatic rings. The molecule has 1 aliphatic heterocycles. The van der Waals surface area contributed by atoms with Crippen LogP contribution in [-0.4, -0.2) is 127 Å². The first kappa shape index (κ1) is 47.0. The van der Waals surface area contributed by atoms with Gasteiger partial charge in [-0.05, 0) is 68.7 Å². The number of ether oxygens (including phenoxy) is 4. The van der Waals surface area contributed by atoms with E-state index in [0.29, 0.717) is 29.4 Å². The number of nitriles is 1. The van der Waals surface area contributed by atoms with E-state index in [1.165, 1.54) is 6.33 Å². The van der Waals surface area contributed by atoms with Crippen molar-refractivity contribution >= 4 is 44.1 Å². The highest BCUT2D eigenvalue weighted by Gasteiger charge is 2.46. The predicted octanol–water partition coefficient (Wildman–Crippen LogP) is 8.24. The number of methoxy groups -OCH3 is 2. The predicted molar refractivity (Wildman–Crippen MR) is 246 cm³/mol. The molecule has 1 unspecified atom stereocenters. The lowest BCUT2D eigenvalue weighted by Gasteiger charge is -2.39. The minimum absolute atomic E-state index is 0.0734. The highest BCUT2D eigenvalue weighted by molar-refractivity contribution is 7.44. The molecule has 5 aromatic rings. The van der Waals surface area contributed by atoms with Gasteiger partial charge < -0.3 is 37.8 Å². The van der Waals surface area contributed by atoms with E-state index in [2.05, 4.69) is 60.5 Å². The van der Waals surface area contributed by atoms with E-state index in [1.807, 2.05) is 109 Å². The van der Waals surface area contributed by atoms with Gasteiger partial charge in [-0.15, -0.1) is 0 Å². The Labute approximate surface area is 372 Å². The highest BCUT2D eigenvalue weighted by Crippen LogP contribution is 2.51. The Kier molecular flexibility index (Phi) is 16.2. The fraction of sp³-hybridized carbons (Fsp3) is 0.435. The summed E-state index contributed by atoms with van der Waals surface area (Å²) in [5, 5.41) is 9.49. The van der Waals surface area contributed by atoms with Crippen molar-refractivity contribution in [3.63, 3.8) is 0 Å². The van der Waals surface area contributed by atoms with Crippen molar-refractivity contribution in [1.29, 1.82) is 5.26 Å². The van der Waals surface area contributed by atoms with E-state index in [9.17, 15) is 5.26 Å². The summed E-state index contributed by atoms with van der Waals surface area (Å²) in [5.74, 6) is 2.19. The van der Waals surface area contributed by atoms with Crippen molar-refractivity contribution in [3.05, 3.63) is 102 Å². The van der Waals surface area contributed by atoms with E-state index in [4.69, 9.17) is 43.0 Å². The third-order valence-electron chi connectivity index (χ3n) is 10.2. The van der Waals surface area contributed by atoms with Crippen LogP contribution in [0.1, 0.15) is 63.5 Å². The van der Waals surface area contributed by atoms with Crippen LogP contribution >= 0.6 is 8.53 Å². The molecule has 0 radical (unpaired) electrons. The topological polar surface area (TPSA) is 157 Å². The van der Waals surface area contributed by atoms with Crippen molar-refractivity contribution in [2.45, 2.75) is 76.7 Å². The second-order valence-electron chi connectivity index (χ2n) is 15.9. The molecule has 0 amide bonds. The van der Waals surface area contributed by atoms with Crippen LogP contribution in [0.15, 0.2) is 95.2 Å². The second-order valence-corrected chi connectivity index (χ2v) is 17.3. The van der Waals surface area contributed by atoms with Gasteiger partial charge in [0.1, 0.15) is 35.8 Å². The van der Waals surface area contributed by atoms with Crippen molar-refractivity contribution in [2.75, 3.05) is 55.6 Å². The molecule has 17 heteroatoms. The number of nitrogens with zero attached hydrogens (tertiary/aromatic N) is 10. The average molecular weight is 879 g/mol. The summed E-state index contributed by atoms with van der Waals surface area (Å²) in [5.41, 5.74) is 2.50. The smallest absolute Gasteiger partial charge is 0.259 e. The monoisotopic (exact) mass is 878 g/mol. The summed E-state index contributed by atoms with van der Waals surface area (Å²) in [4.78, 5) is 27.1. The van der Waals surface area contributed by atoms with Crippen molar-refractivity contribution < 1.29 is 28.0 Å². The number of aromatic nitrogens is 4. The number of aliphatic imine (C=N–C) groups is 2. The van der Waals surface area contributed by atoms with E-state index >= 15 is 0 Å². The quantitative estimate of drug-likeness (QED) is 0.0229. The molecule has 4 atom stereocenters. The molecule has 0 aliphatic carbocycles. The maximum absolute atomic E-state index is 9.49. The normalized spacial score (nSPS) is 17.4. The van der Waals surface area contributed by atoms with E-state index in [0.717, 1.165) is 28.2 Å². The molecule has 1 saturated heterocycles. The Bertz CT molecular complexity index is 2260. The molecule has 2 aromatic heterocycles. The summed E-state index contributed by atoms with van der Waals surface area (Å²) in [6, 6.07) is 28.3. The molecule has 0 spiro atoms. The molecule has 3 aromatic carbocycles. The van der Waals surface area contributed by atoms with Crippen LogP contribution in [0.25, 0.3) is 11.2 Å². The zero-order valence-corrected chi connectivity index (χ0v) is 38.7. The molecule has 0 N–H and O–H groups in total. The van der Waals surface area contributed by atoms with E-state index < -0.39 is 32.6 Å². The minimum Gasteiger partial charge on any atom is -0.497 e. The molecular formula is C46H59N10O6P. The number of benzene rings is 3. The van der Waals surface area contributed by atoms with Gasteiger partial charge in [0.25, 0.3) is 8.53 Å². The zero-order valence-electron chi connectivity index (χ0n) is 37.8. The summed E-state index contributed by atoms with van der Waals surface area (Å²) < 4.78 is 43.4. The van der Waals surface area contributed by atoms with Crippen LogP contribution in [0.5, 0.6) is 11.5 Å². The van der Waals surface area contributed by atoms with Gasteiger partial charge in [-0.25, -0.2) is 29.6 Å². The molecule has 334 valence electrons. The van der Waals surface area contributed by atoms with Crippen LogP contribution in [0.4, 0.5) is 11.8 Å². The fourth-order valence-electron chi connectivity index (χ4n) is 7.48. The maximum Gasteiger partial charge on any atom is 0.259 e. The van der Waals surface area contributed by atoms with Gasteiger partial charge in [-0.1, -0.05) is 54.6 Å². The van der Waals surface area contributed by atoms with Gasteiger partial charge >= 0.3 is 0 Å². The molecule has 63 heavy (non-hydrogen) atoms. The number of hydrogen-bond donors (Lipinski definition) is 0. The summed E-state index contributed by atoms with van der Waals surface area (Å²) in [6.45, 7) is 8.74. The van der Waals surface area contributed by atoms with Crippen LogP contribution in [0, 0.1) is 11.3 Å². The zero-order chi connectivity index (χ0) is 45.1. The largest absolute Gasteiger partial charge is 0.497 e. The van der Waals surface area contributed by atoms with Crippen LogP contribution in [-0.2, 0) is 24.1 Å². The first-order valence-electron chi connectivity index (χ1n) is 20.9. The molecule has 0 bridgehead atoms. The number of fused-ring (bicyclic) bond motifs is 1. The van der Waals surface area contributed by atoms with Gasteiger partial charge in [0.2, 0.25) is 5.95 Å². The second kappa shape index (κ2) is 21.7. The summed E-state index contributed by atoms with van der Waals surface area (Å²) in [6.07, 6.45) is 3.50. The molecular weight excluding hydrogens is 820 g/mol. The molecule has 0 saturated carbocycles. The third kappa shape index (κ3) is 11.0. The summed E-state index contributed by atoms with van der Waals surface area (Å²) >= 11 is 0. The number of imidazole rings is 1. The van der Waals surface area contributed by atoms with Crippen molar-refractivity contribution in [3.8, 4) is 17.6 Å². The number of hydrogen-bond acceptors (Lipinski definition) is 13. The Morgan fingerprint density at radius 3 is 2.00 bits per heavy atom. The van der Waals surface area contributed by atoms with Crippen LogP contribution < -0.4 is 9.47 Å². The Hall–Kier alpha value is -5.53. The molecule has 3 heterocycles. The van der Waals surface area contributed by atoms with E-state index in [1.54, 1.807) is 26.9 Å². The van der Waals surface area contributed by atoms with Gasteiger partial charge in [-0.2, -0.15) is 5.26 Å². The lowest BCUT2D eigenvalue weighted by atomic mass is 9.80. The fourth-order valence-corrected chi connectivity index (χ4v) is 9.24.